The second-order valence-electron chi connectivity index (χ2n) is 8.98. The molecule has 150 valence electrons. The van der Waals surface area contributed by atoms with Crippen LogP contribution in [0.25, 0.3) is 16.7 Å². The lowest BCUT2D eigenvalue weighted by atomic mass is 9.90. The van der Waals surface area contributed by atoms with Crippen molar-refractivity contribution in [3.63, 3.8) is 0 Å². The van der Waals surface area contributed by atoms with Gasteiger partial charge in [-0.15, -0.1) is 0 Å². The van der Waals surface area contributed by atoms with Crippen molar-refractivity contribution in [2.75, 3.05) is 0 Å². The lowest BCUT2D eigenvalue weighted by Gasteiger charge is -2.18. The van der Waals surface area contributed by atoms with Gasteiger partial charge in [0.05, 0.1) is 11.4 Å². The van der Waals surface area contributed by atoms with E-state index in [4.69, 9.17) is 9.98 Å². The van der Waals surface area contributed by atoms with E-state index in [1.807, 2.05) is 12.1 Å². The minimum atomic E-state index is -0.153. The Morgan fingerprint density at radius 3 is 1.83 bits per heavy atom. The third-order valence-electron chi connectivity index (χ3n) is 5.29. The Bertz CT molecular complexity index is 1150. The molecule has 3 aromatic rings. The van der Waals surface area contributed by atoms with Crippen molar-refractivity contribution in [2.45, 2.75) is 34.6 Å². The van der Waals surface area contributed by atoms with Crippen LogP contribution in [0.1, 0.15) is 45.7 Å². The van der Waals surface area contributed by atoms with Gasteiger partial charge in [0.15, 0.2) is 0 Å². The van der Waals surface area contributed by atoms with Crippen molar-refractivity contribution in [1.29, 1.82) is 0 Å². The lowest BCUT2D eigenvalue weighted by Crippen LogP contribution is -2.20. The maximum Gasteiger partial charge on any atom is 0.135 e. The van der Waals surface area contributed by atoms with E-state index in [0.717, 1.165) is 28.4 Å². The minimum absolute atomic E-state index is 0.153. The summed E-state index contributed by atoms with van der Waals surface area (Å²) in [6.45, 7) is 10.8. The standard InChI is InChI=1S/C28H28N2/c1-19(2)25-23-13-9-10-14-24(23)29-27(28(3,4)5)30-26(25)22-17-15-21(16-18-22)20-11-7-6-8-12-20/h6-18H,1-5H3. The first-order valence-corrected chi connectivity index (χ1v) is 10.5. The molecule has 0 saturated carbocycles. The normalized spacial score (nSPS) is 13.8. The van der Waals surface area contributed by atoms with Crippen molar-refractivity contribution in [3.8, 4) is 11.1 Å². The van der Waals surface area contributed by atoms with Crippen molar-refractivity contribution >= 4 is 22.8 Å². The zero-order valence-corrected chi connectivity index (χ0v) is 18.4. The molecule has 3 aromatic carbocycles. The second kappa shape index (κ2) is 7.87. The Hall–Kier alpha value is -3.26. The van der Waals surface area contributed by atoms with Crippen LogP contribution in [0.5, 0.6) is 0 Å². The van der Waals surface area contributed by atoms with Gasteiger partial charge >= 0.3 is 0 Å². The van der Waals surface area contributed by atoms with Crippen LogP contribution in [0.15, 0.2) is 94.4 Å². The summed E-state index contributed by atoms with van der Waals surface area (Å²) in [4.78, 5) is 10.1. The van der Waals surface area contributed by atoms with Crippen LogP contribution < -0.4 is 0 Å². The zero-order valence-electron chi connectivity index (χ0n) is 18.4. The number of amidine groups is 1. The van der Waals surface area contributed by atoms with Gasteiger partial charge in [0, 0.05) is 22.1 Å². The highest BCUT2D eigenvalue weighted by atomic mass is 15.0. The fraction of sp³-hybridized carbons (Fsp3) is 0.214. The van der Waals surface area contributed by atoms with Crippen LogP contribution in [0, 0.1) is 5.41 Å². The topological polar surface area (TPSA) is 24.7 Å². The number of nitrogens with zero attached hydrogens (tertiary/aromatic N) is 2. The minimum Gasteiger partial charge on any atom is -0.232 e. The molecule has 0 unspecified atom stereocenters. The average Bonchev–Trinajstić information content (AvgIpc) is 2.92. The van der Waals surface area contributed by atoms with E-state index in [1.54, 1.807) is 0 Å². The van der Waals surface area contributed by atoms with Gasteiger partial charge in [-0.05, 0) is 31.0 Å². The summed E-state index contributed by atoms with van der Waals surface area (Å²) < 4.78 is 0. The summed E-state index contributed by atoms with van der Waals surface area (Å²) in [6, 6.07) is 27.6. The van der Waals surface area contributed by atoms with Crippen molar-refractivity contribution in [1.82, 2.24) is 0 Å². The van der Waals surface area contributed by atoms with E-state index in [2.05, 4.69) is 101 Å². The first kappa shape index (κ1) is 20.0. The van der Waals surface area contributed by atoms with E-state index in [-0.39, 0.29) is 5.41 Å². The molecule has 0 N–H and O–H groups in total. The molecular weight excluding hydrogens is 364 g/mol. The van der Waals surface area contributed by atoms with Gasteiger partial charge in [-0.1, -0.05) is 99.1 Å². The Kier molecular flexibility index (Phi) is 5.26. The quantitative estimate of drug-likeness (QED) is 0.426. The number of aliphatic imine (C=N–C) groups is 2. The smallest absolute Gasteiger partial charge is 0.135 e. The van der Waals surface area contributed by atoms with Crippen molar-refractivity contribution < 1.29 is 0 Å². The van der Waals surface area contributed by atoms with Gasteiger partial charge in [0.1, 0.15) is 5.84 Å². The van der Waals surface area contributed by atoms with E-state index >= 15 is 0 Å². The second-order valence-corrected chi connectivity index (χ2v) is 8.98. The molecule has 0 aliphatic carbocycles. The van der Waals surface area contributed by atoms with E-state index in [9.17, 15) is 0 Å². The molecule has 1 aliphatic rings. The largest absolute Gasteiger partial charge is 0.232 e. The molecule has 2 heteroatoms. The molecule has 0 amide bonds. The molecule has 0 aromatic heterocycles. The molecule has 4 rings (SSSR count). The molecule has 30 heavy (non-hydrogen) atoms. The van der Waals surface area contributed by atoms with Gasteiger partial charge < -0.3 is 0 Å². The molecule has 0 atom stereocenters. The Morgan fingerprint density at radius 2 is 1.20 bits per heavy atom. The molecule has 0 bridgehead atoms. The SMILES string of the molecule is CC(C)=C1C(c2ccc(-c3ccccc3)cc2)=NC(C(C)(C)C)=Nc2ccccc21. The van der Waals surface area contributed by atoms with Gasteiger partial charge in [-0.2, -0.15) is 0 Å². The van der Waals surface area contributed by atoms with Crippen LogP contribution >= 0.6 is 0 Å². The van der Waals surface area contributed by atoms with Gasteiger partial charge in [0.2, 0.25) is 0 Å². The Balaban J connectivity index is 1.89. The predicted molar refractivity (Wildman–Crippen MR) is 130 cm³/mol. The van der Waals surface area contributed by atoms with Crippen LogP contribution in [-0.2, 0) is 0 Å². The molecule has 0 radical (unpaired) electrons. The van der Waals surface area contributed by atoms with Crippen LogP contribution in [-0.4, -0.2) is 11.5 Å². The molecule has 1 heterocycles. The number of hydrogen-bond acceptors (Lipinski definition) is 2. The summed E-state index contributed by atoms with van der Waals surface area (Å²) in [5, 5.41) is 0. The third kappa shape index (κ3) is 3.91. The van der Waals surface area contributed by atoms with Crippen molar-refractivity contribution in [2.24, 2.45) is 15.4 Å². The van der Waals surface area contributed by atoms with Crippen LogP contribution in [0.2, 0.25) is 0 Å². The fourth-order valence-electron chi connectivity index (χ4n) is 3.71. The molecular formula is C28H28N2. The summed E-state index contributed by atoms with van der Waals surface area (Å²) in [5.74, 6) is 0.855. The molecule has 0 spiro atoms. The molecule has 0 fully saturated rings. The number of rotatable bonds is 2. The highest BCUT2D eigenvalue weighted by Gasteiger charge is 2.26. The highest BCUT2D eigenvalue weighted by Crippen LogP contribution is 2.36. The van der Waals surface area contributed by atoms with Crippen molar-refractivity contribution in [3.05, 3.63) is 95.6 Å². The first-order chi connectivity index (χ1) is 14.3. The van der Waals surface area contributed by atoms with Crippen LogP contribution in [0.3, 0.4) is 0 Å². The van der Waals surface area contributed by atoms with Crippen LogP contribution in [0.4, 0.5) is 5.69 Å². The van der Waals surface area contributed by atoms with E-state index in [1.165, 1.54) is 22.3 Å². The predicted octanol–water partition coefficient (Wildman–Crippen LogP) is 7.73. The Labute approximate surface area is 179 Å². The number of allylic oxidation sites excluding steroid dienone is 2. The summed E-state index contributed by atoms with van der Waals surface area (Å²) >= 11 is 0. The monoisotopic (exact) mass is 392 g/mol. The van der Waals surface area contributed by atoms with Gasteiger partial charge in [-0.25, -0.2) is 9.98 Å². The maximum atomic E-state index is 5.15. The van der Waals surface area contributed by atoms with Gasteiger partial charge in [0.25, 0.3) is 0 Å². The molecule has 1 aliphatic heterocycles. The Morgan fingerprint density at radius 1 is 0.633 bits per heavy atom. The van der Waals surface area contributed by atoms with E-state index in [0.29, 0.717) is 0 Å². The first-order valence-electron chi connectivity index (χ1n) is 10.5. The van der Waals surface area contributed by atoms with E-state index < -0.39 is 0 Å². The fourth-order valence-corrected chi connectivity index (χ4v) is 3.71. The average molecular weight is 393 g/mol. The maximum absolute atomic E-state index is 5.15. The van der Waals surface area contributed by atoms with Gasteiger partial charge in [-0.3, -0.25) is 0 Å². The number of hydrogen-bond donors (Lipinski definition) is 0. The molecule has 0 saturated heterocycles. The summed E-state index contributed by atoms with van der Waals surface area (Å²) in [6.07, 6.45) is 0. The highest BCUT2D eigenvalue weighted by molar-refractivity contribution is 6.36. The number of fused-ring (bicyclic) bond motifs is 1. The lowest BCUT2D eigenvalue weighted by molar-refractivity contribution is 0.586. The summed E-state index contributed by atoms with van der Waals surface area (Å²) in [5.41, 5.74) is 8.90. The number of benzene rings is 3. The summed E-state index contributed by atoms with van der Waals surface area (Å²) in [7, 11) is 0. The number of para-hydroxylation sites is 1. The third-order valence-corrected chi connectivity index (χ3v) is 5.29. The molecule has 2 nitrogen and oxygen atoms in total. The zero-order chi connectivity index (χ0) is 21.3.